The van der Waals surface area contributed by atoms with Gasteiger partial charge in [0.2, 0.25) is 0 Å². The quantitative estimate of drug-likeness (QED) is 0.793. The molecule has 0 heterocycles. The van der Waals surface area contributed by atoms with Crippen molar-refractivity contribution >= 4 is 0 Å². The first kappa shape index (κ1) is 14.2. The highest BCUT2D eigenvalue weighted by molar-refractivity contribution is 5.39. The second-order valence-corrected chi connectivity index (χ2v) is 5.20. The van der Waals surface area contributed by atoms with Crippen molar-refractivity contribution in [1.29, 1.82) is 0 Å². The van der Waals surface area contributed by atoms with E-state index in [1.165, 1.54) is 12.8 Å². The summed E-state index contributed by atoms with van der Waals surface area (Å²) in [6.07, 6.45) is 2.05. The Balaban J connectivity index is 1.98. The maximum Gasteiger partial charge on any atom is 0.122 e. The number of hydrogen-bond donors (Lipinski definition) is 2. The van der Waals surface area contributed by atoms with Crippen LogP contribution >= 0.6 is 0 Å². The molecule has 0 bridgehead atoms. The molecule has 1 fully saturated rings. The van der Waals surface area contributed by atoms with Gasteiger partial charge in [0.1, 0.15) is 11.5 Å². The van der Waals surface area contributed by atoms with E-state index in [2.05, 4.69) is 12.2 Å². The van der Waals surface area contributed by atoms with Crippen LogP contribution in [0, 0.1) is 5.92 Å². The molecule has 2 rings (SSSR count). The fourth-order valence-electron chi connectivity index (χ4n) is 2.20. The topological polar surface area (TPSA) is 50.7 Å². The summed E-state index contributed by atoms with van der Waals surface area (Å²) >= 11 is 0. The summed E-state index contributed by atoms with van der Waals surface area (Å²) in [5.74, 6) is 2.18. The van der Waals surface area contributed by atoms with Crippen molar-refractivity contribution in [3.05, 3.63) is 23.8 Å². The smallest absolute Gasteiger partial charge is 0.122 e. The van der Waals surface area contributed by atoms with Crippen molar-refractivity contribution in [3.63, 3.8) is 0 Å². The predicted molar refractivity (Wildman–Crippen MR) is 74.7 cm³/mol. The van der Waals surface area contributed by atoms with Gasteiger partial charge in [0.05, 0.1) is 20.3 Å². The lowest BCUT2D eigenvalue weighted by molar-refractivity contribution is 0.168. The van der Waals surface area contributed by atoms with Crippen LogP contribution in [0.1, 0.15) is 31.4 Å². The highest BCUT2D eigenvalue weighted by Gasteiger charge is 2.27. The van der Waals surface area contributed by atoms with Gasteiger partial charge in [-0.15, -0.1) is 0 Å². The van der Waals surface area contributed by atoms with E-state index in [0.717, 1.165) is 11.5 Å². The molecule has 1 aliphatic carbocycles. The molecule has 0 aliphatic heterocycles. The third kappa shape index (κ3) is 3.85. The van der Waals surface area contributed by atoms with Crippen LogP contribution in [0.3, 0.4) is 0 Å². The standard InChI is InChI=1S/C15H23NO3/c1-10(11-4-5-11)16-9-15(17)12-6-13(18-2)8-14(7-12)19-3/h6-8,10-11,15-17H,4-5,9H2,1-3H3. The van der Waals surface area contributed by atoms with Gasteiger partial charge < -0.3 is 19.9 Å². The molecule has 1 aromatic carbocycles. The Kier molecular flexibility index (Phi) is 4.66. The van der Waals surface area contributed by atoms with Crippen LogP contribution in [0.5, 0.6) is 11.5 Å². The zero-order valence-corrected chi connectivity index (χ0v) is 11.8. The molecule has 1 aliphatic rings. The molecular formula is C15H23NO3. The second kappa shape index (κ2) is 6.26. The van der Waals surface area contributed by atoms with Gasteiger partial charge in [-0.05, 0) is 43.4 Å². The Morgan fingerprint density at radius 3 is 2.26 bits per heavy atom. The molecule has 2 atom stereocenters. The van der Waals surface area contributed by atoms with Gasteiger partial charge >= 0.3 is 0 Å². The van der Waals surface area contributed by atoms with E-state index in [0.29, 0.717) is 24.1 Å². The summed E-state index contributed by atoms with van der Waals surface area (Å²) in [5, 5.41) is 13.6. The molecule has 19 heavy (non-hydrogen) atoms. The first-order valence-corrected chi connectivity index (χ1v) is 6.78. The second-order valence-electron chi connectivity index (χ2n) is 5.20. The molecule has 2 N–H and O–H groups in total. The number of ether oxygens (including phenoxy) is 2. The monoisotopic (exact) mass is 265 g/mol. The fraction of sp³-hybridized carbons (Fsp3) is 0.600. The lowest BCUT2D eigenvalue weighted by atomic mass is 10.1. The van der Waals surface area contributed by atoms with Crippen molar-refractivity contribution in [2.45, 2.75) is 31.9 Å². The van der Waals surface area contributed by atoms with Gasteiger partial charge in [0.15, 0.2) is 0 Å². The van der Waals surface area contributed by atoms with Gasteiger partial charge in [0, 0.05) is 18.7 Å². The van der Waals surface area contributed by atoms with Crippen LogP contribution in [0.4, 0.5) is 0 Å². The molecule has 0 radical (unpaired) electrons. The van der Waals surface area contributed by atoms with Crippen molar-refractivity contribution in [2.75, 3.05) is 20.8 Å². The largest absolute Gasteiger partial charge is 0.497 e. The molecule has 0 aromatic heterocycles. The van der Waals surface area contributed by atoms with Gasteiger partial charge in [0.25, 0.3) is 0 Å². The summed E-state index contributed by atoms with van der Waals surface area (Å²) in [5.41, 5.74) is 0.812. The Morgan fingerprint density at radius 2 is 1.79 bits per heavy atom. The number of aliphatic hydroxyl groups is 1. The Morgan fingerprint density at radius 1 is 1.21 bits per heavy atom. The highest BCUT2D eigenvalue weighted by Crippen LogP contribution is 2.32. The highest BCUT2D eigenvalue weighted by atomic mass is 16.5. The number of aliphatic hydroxyl groups excluding tert-OH is 1. The molecule has 4 heteroatoms. The summed E-state index contributed by atoms with van der Waals surface area (Å²) in [6.45, 7) is 2.73. The van der Waals surface area contributed by atoms with E-state index in [-0.39, 0.29) is 0 Å². The van der Waals surface area contributed by atoms with E-state index >= 15 is 0 Å². The maximum atomic E-state index is 10.2. The van der Waals surface area contributed by atoms with E-state index < -0.39 is 6.10 Å². The van der Waals surface area contributed by atoms with Gasteiger partial charge in [-0.3, -0.25) is 0 Å². The molecule has 0 saturated heterocycles. The molecule has 0 amide bonds. The summed E-state index contributed by atoms with van der Waals surface area (Å²) in [7, 11) is 3.22. The molecule has 1 saturated carbocycles. The molecule has 106 valence electrons. The summed E-state index contributed by atoms with van der Waals surface area (Å²) in [4.78, 5) is 0. The minimum atomic E-state index is -0.551. The van der Waals surface area contributed by atoms with Crippen molar-refractivity contribution in [1.82, 2.24) is 5.32 Å². The zero-order valence-electron chi connectivity index (χ0n) is 11.8. The van der Waals surface area contributed by atoms with Crippen LogP contribution in [0.2, 0.25) is 0 Å². The number of hydrogen-bond acceptors (Lipinski definition) is 4. The lowest BCUT2D eigenvalue weighted by Crippen LogP contribution is -2.31. The molecule has 1 aromatic rings. The zero-order chi connectivity index (χ0) is 13.8. The first-order valence-electron chi connectivity index (χ1n) is 6.78. The van der Waals surface area contributed by atoms with Gasteiger partial charge in [-0.25, -0.2) is 0 Å². The van der Waals surface area contributed by atoms with E-state index in [1.807, 2.05) is 12.1 Å². The third-order valence-electron chi connectivity index (χ3n) is 3.72. The third-order valence-corrected chi connectivity index (χ3v) is 3.72. The Bertz CT molecular complexity index is 396. The van der Waals surface area contributed by atoms with Crippen molar-refractivity contribution in [2.24, 2.45) is 5.92 Å². The predicted octanol–water partition coefficient (Wildman–Crippen LogP) is 2.13. The Hall–Kier alpha value is -1.26. The first-order chi connectivity index (χ1) is 9.13. The normalized spacial score (nSPS) is 17.9. The van der Waals surface area contributed by atoms with Crippen LogP contribution < -0.4 is 14.8 Å². The van der Waals surface area contributed by atoms with Crippen LogP contribution in [-0.2, 0) is 0 Å². The molecule has 0 spiro atoms. The molecule has 2 unspecified atom stereocenters. The summed E-state index contributed by atoms with van der Waals surface area (Å²) in [6, 6.07) is 5.96. The Labute approximate surface area is 114 Å². The average Bonchev–Trinajstić information content (AvgIpc) is 3.28. The van der Waals surface area contributed by atoms with Gasteiger partial charge in [-0.2, -0.15) is 0 Å². The molecule has 4 nitrogen and oxygen atoms in total. The maximum absolute atomic E-state index is 10.2. The molecular weight excluding hydrogens is 242 g/mol. The van der Waals surface area contributed by atoms with Gasteiger partial charge in [-0.1, -0.05) is 0 Å². The average molecular weight is 265 g/mol. The fourth-order valence-corrected chi connectivity index (χ4v) is 2.20. The van der Waals surface area contributed by atoms with Crippen LogP contribution in [0.25, 0.3) is 0 Å². The van der Waals surface area contributed by atoms with E-state index in [4.69, 9.17) is 9.47 Å². The van der Waals surface area contributed by atoms with Crippen molar-refractivity contribution < 1.29 is 14.6 Å². The summed E-state index contributed by atoms with van der Waals surface area (Å²) < 4.78 is 10.4. The van der Waals surface area contributed by atoms with Crippen LogP contribution in [0.15, 0.2) is 18.2 Å². The van der Waals surface area contributed by atoms with Crippen molar-refractivity contribution in [3.8, 4) is 11.5 Å². The number of methoxy groups -OCH3 is 2. The van der Waals surface area contributed by atoms with Crippen LogP contribution in [-0.4, -0.2) is 31.9 Å². The number of benzene rings is 1. The minimum Gasteiger partial charge on any atom is -0.497 e. The SMILES string of the molecule is COc1cc(OC)cc(C(O)CNC(C)C2CC2)c1. The van der Waals surface area contributed by atoms with E-state index in [1.54, 1.807) is 20.3 Å². The number of nitrogens with one attached hydrogen (secondary N) is 1. The number of rotatable bonds is 7. The van der Waals surface area contributed by atoms with E-state index in [9.17, 15) is 5.11 Å². The minimum absolute atomic E-state index is 0.474. The lowest BCUT2D eigenvalue weighted by Gasteiger charge is -2.18.